The summed E-state index contributed by atoms with van der Waals surface area (Å²) in [6, 6.07) is 4.77. The highest BCUT2D eigenvalue weighted by molar-refractivity contribution is 8.15. The van der Waals surface area contributed by atoms with E-state index in [1.54, 1.807) is 41.5 Å². The number of thioether (sulfide) groups is 1. The van der Waals surface area contributed by atoms with Gasteiger partial charge >= 0.3 is 6.09 Å². The van der Waals surface area contributed by atoms with Crippen molar-refractivity contribution in [3.05, 3.63) is 35.4 Å². The lowest BCUT2D eigenvalue weighted by molar-refractivity contribution is 0.0107. The summed E-state index contributed by atoms with van der Waals surface area (Å²) in [5.74, 6) is -2.57. The number of amidine groups is 1. The van der Waals surface area contributed by atoms with Crippen molar-refractivity contribution in [2.75, 3.05) is 20.0 Å². The summed E-state index contributed by atoms with van der Waals surface area (Å²) in [7, 11) is -1.37. The van der Waals surface area contributed by atoms with Gasteiger partial charge in [-0.15, -0.1) is 0 Å². The van der Waals surface area contributed by atoms with E-state index < -0.39 is 54.3 Å². The molecule has 0 N–H and O–H groups in total. The standard InChI is InChI=1S/C25H39F3N2O3SSi/c1-17-24(5,15-26)34-21(29-25(17,6)18-11-10-12-19(27)20(18)28)30(22(31)33-23(2,3)4)16-32-13-14-35(7,8)9/h10-12,17H,13-16H2,1-9H3/t17-,24-,25+/m1/s1. The third kappa shape index (κ3) is 7.26. The number of amides is 1. The number of ether oxygens (including phenoxy) is 2. The fraction of sp³-hybridized carbons (Fsp3) is 0.680. The first-order valence-electron chi connectivity index (χ1n) is 11.8. The molecule has 0 saturated heterocycles. The molecule has 0 saturated carbocycles. The lowest BCUT2D eigenvalue weighted by atomic mass is 9.74. The molecule has 0 radical (unpaired) electrons. The first-order valence-corrected chi connectivity index (χ1v) is 16.3. The van der Waals surface area contributed by atoms with Crippen molar-refractivity contribution in [2.24, 2.45) is 10.9 Å². The van der Waals surface area contributed by atoms with Crippen LogP contribution in [0.25, 0.3) is 0 Å². The molecule has 1 heterocycles. The molecule has 0 bridgehead atoms. The van der Waals surface area contributed by atoms with E-state index in [4.69, 9.17) is 14.5 Å². The van der Waals surface area contributed by atoms with E-state index in [-0.39, 0.29) is 17.5 Å². The van der Waals surface area contributed by atoms with Gasteiger partial charge in [0, 0.05) is 26.2 Å². The average molecular weight is 533 g/mol. The molecule has 0 spiro atoms. The van der Waals surface area contributed by atoms with E-state index in [2.05, 4.69) is 19.6 Å². The maximum absolute atomic E-state index is 15.0. The topological polar surface area (TPSA) is 51.1 Å². The number of alkyl halides is 1. The third-order valence-corrected chi connectivity index (χ3v) is 9.36. The highest BCUT2D eigenvalue weighted by atomic mass is 32.2. The predicted molar refractivity (Wildman–Crippen MR) is 139 cm³/mol. The molecule has 2 rings (SSSR count). The van der Waals surface area contributed by atoms with Crippen LogP contribution in [0.1, 0.15) is 47.1 Å². The average Bonchev–Trinajstić information content (AvgIpc) is 2.71. The Balaban J connectivity index is 2.56. The molecule has 10 heteroatoms. The van der Waals surface area contributed by atoms with Gasteiger partial charge < -0.3 is 9.47 Å². The summed E-state index contributed by atoms with van der Waals surface area (Å²) in [6.45, 7) is 16.5. The first kappa shape index (κ1) is 29.7. The first-order chi connectivity index (χ1) is 15.9. The molecule has 0 fully saturated rings. The normalized spacial score (nSPS) is 25.3. The van der Waals surface area contributed by atoms with Gasteiger partial charge in [-0.25, -0.2) is 22.9 Å². The van der Waals surface area contributed by atoms with Gasteiger partial charge in [0.05, 0.1) is 10.3 Å². The quantitative estimate of drug-likeness (QED) is 0.212. The number of hydrogen-bond acceptors (Lipinski definition) is 5. The van der Waals surface area contributed by atoms with Crippen LogP contribution in [0.15, 0.2) is 23.2 Å². The van der Waals surface area contributed by atoms with Crippen molar-refractivity contribution in [1.29, 1.82) is 0 Å². The zero-order valence-electron chi connectivity index (χ0n) is 22.3. The molecule has 5 nitrogen and oxygen atoms in total. The van der Waals surface area contributed by atoms with Gasteiger partial charge in [-0.05, 0) is 46.7 Å². The lowest BCUT2D eigenvalue weighted by Crippen LogP contribution is -2.53. The van der Waals surface area contributed by atoms with Crippen molar-refractivity contribution in [1.82, 2.24) is 4.90 Å². The van der Waals surface area contributed by atoms with E-state index in [1.807, 2.05) is 0 Å². The van der Waals surface area contributed by atoms with Gasteiger partial charge in [-0.3, -0.25) is 4.99 Å². The van der Waals surface area contributed by atoms with Crippen molar-refractivity contribution in [3.63, 3.8) is 0 Å². The number of halogens is 3. The number of carbonyl (C=O) groups is 1. The summed E-state index contributed by atoms with van der Waals surface area (Å²) in [6.07, 6.45) is -0.699. The highest BCUT2D eigenvalue weighted by Gasteiger charge is 2.52. The molecule has 1 aliphatic rings. The third-order valence-electron chi connectivity index (χ3n) is 6.24. The fourth-order valence-electron chi connectivity index (χ4n) is 3.69. The smallest absolute Gasteiger partial charge is 0.418 e. The largest absolute Gasteiger partial charge is 0.443 e. The zero-order valence-corrected chi connectivity index (χ0v) is 24.1. The van der Waals surface area contributed by atoms with Crippen LogP contribution < -0.4 is 0 Å². The van der Waals surface area contributed by atoms with E-state index in [0.717, 1.165) is 23.9 Å². The minimum Gasteiger partial charge on any atom is -0.443 e. The summed E-state index contributed by atoms with van der Waals surface area (Å²) >= 11 is 1.09. The fourth-order valence-corrected chi connectivity index (χ4v) is 5.80. The Morgan fingerprint density at radius 2 is 1.86 bits per heavy atom. The number of nitrogens with zero attached hydrogens (tertiary/aromatic N) is 2. The number of benzene rings is 1. The molecule has 1 aromatic rings. The number of aliphatic imine (C=N–C) groups is 1. The molecule has 198 valence electrons. The van der Waals surface area contributed by atoms with Gasteiger partial charge in [-0.1, -0.05) is 50.5 Å². The lowest BCUT2D eigenvalue weighted by Gasteiger charge is -2.48. The van der Waals surface area contributed by atoms with Crippen LogP contribution in [0.5, 0.6) is 0 Å². The molecule has 0 aliphatic carbocycles. The second kappa shape index (κ2) is 10.8. The summed E-state index contributed by atoms with van der Waals surface area (Å²) in [5, 5.41) is 0.150. The van der Waals surface area contributed by atoms with E-state index in [0.29, 0.717) is 6.61 Å². The van der Waals surface area contributed by atoms with Gasteiger partial charge in [0.1, 0.15) is 19.0 Å². The Kier molecular flexibility index (Phi) is 9.20. The van der Waals surface area contributed by atoms with Crippen LogP contribution >= 0.6 is 11.8 Å². The van der Waals surface area contributed by atoms with E-state index in [1.165, 1.54) is 17.0 Å². The Hall–Kier alpha value is -1.52. The van der Waals surface area contributed by atoms with Gasteiger partial charge in [0.15, 0.2) is 16.8 Å². The van der Waals surface area contributed by atoms with Crippen molar-refractivity contribution >= 4 is 31.1 Å². The molecule has 0 aromatic heterocycles. The number of rotatable bonds is 7. The van der Waals surface area contributed by atoms with Crippen LogP contribution in [0.3, 0.4) is 0 Å². The van der Waals surface area contributed by atoms with E-state index >= 15 is 0 Å². The Bertz CT molecular complexity index is 951. The number of carbonyl (C=O) groups excluding carboxylic acids is 1. The maximum Gasteiger partial charge on any atom is 0.418 e. The molecule has 1 amide bonds. The molecule has 1 aromatic carbocycles. The minimum atomic E-state index is -1.37. The SMILES string of the molecule is C[C@@H]1[C@@](C)(CF)SC(N(COCC[Si](C)(C)C)C(=O)OC(C)(C)C)=N[C@]1(C)c1cccc(F)c1F. The summed E-state index contributed by atoms with van der Waals surface area (Å²) in [5.41, 5.74) is -2.12. The van der Waals surface area contributed by atoms with Gasteiger partial charge in [-0.2, -0.15) is 0 Å². The van der Waals surface area contributed by atoms with Crippen LogP contribution in [0, 0.1) is 17.6 Å². The van der Waals surface area contributed by atoms with Crippen LogP contribution in [0.4, 0.5) is 18.0 Å². The van der Waals surface area contributed by atoms with Crippen molar-refractivity contribution < 1.29 is 27.4 Å². The maximum atomic E-state index is 15.0. The Labute approximate surface area is 212 Å². The molecule has 3 atom stereocenters. The monoisotopic (exact) mass is 532 g/mol. The molecule has 35 heavy (non-hydrogen) atoms. The van der Waals surface area contributed by atoms with Crippen molar-refractivity contribution in [2.45, 2.75) is 83.1 Å². The van der Waals surface area contributed by atoms with Crippen LogP contribution in [-0.4, -0.2) is 54.6 Å². The highest BCUT2D eigenvalue weighted by Crippen LogP contribution is 2.51. The molecule has 1 aliphatic heterocycles. The van der Waals surface area contributed by atoms with Crippen LogP contribution in [-0.2, 0) is 15.0 Å². The van der Waals surface area contributed by atoms with Crippen molar-refractivity contribution in [3.8, 4) is 0 Å². The second-order valence-corrected chi connectivity index (χ2v) is 18.8. The van der Waals surface area contributed by atoms with Gasteiger partial charge in [0.25, 0.3) is 0 Å². The molecule has 0 unspecified atom stereocenters. The molecular formula is C25H39F3N2O3SSi. The summed E-state index contributed by atoms with van der Waals surface area (Å²) < 4.78 is 54.0. The molecular weight excluding hydrogens is 493 g/mol. The van der Waals surface area contributed by atoms with Gasteiger partial charge in [0.2, 0.25) is 0 Å². The minimum absolute atomic E-state index is 0.00580. The van der Waals surface area contributed by atoms with Crippen LogP contribution in [0.2, 0.25) is 25.7 Å². The zero-order chi connectivity index (χ0) is 26.8. The predicted octanol–water partition coefficient (Wildman–Crippen LogP) is 7.20. The van der Waals surface area contributed by atoms with E-state index in [9.17, 15) is 18.0 Å². The second-order valence-electron chi connectivity index (χ2n) is 11.7. The summed E-state index contributed by atoms with van der Waals surface area (Å²) in [4.78, 5) is 19.2. The number of hydrogen-bond donors (Lipinski definition) is 0. The Morgan fingerprint density at radius 3 is 2.40 bits per heavy atom. The Morgan fingerprint density at radius 1 is 1.23 bits per heavy atom.